The zero-order valence-electron chi connectivity index (χ0n) is 10.1. The molecular weight excluding hydrogens is 264 g/mol. The van der Waals surface area contributed by atoms with Crippen LogP contribution >= 0.6 is 0 Å². The minimum absolute atomic E-state index is 0.501. The molecule has 0 aliphatic rings. The lowest BCUT2D eigenvalue weighted by atomic mass is 9.96. The van der Waals surface area contributed by atoms with Crippen LogP contribution in [0, 0.1) is 17.0 Å². The number of sulfonamides is 1. The van der Waals surface area contributed by atoms with Crippen molar-refractivity contribution in [1.82, 2.24) is 4.72 Å². The van der Waals surface area contributed by atoms with Crippen LogP contribution in [0.3, 0.4) is 0 Å². The van der Waals surface area contributed by atoms with Crippen LogP contribution in [0.5, 0.6) is 0 Å². The van der Waals surface area contributed by atoms with Gasteiger partial charge in [0.05, 0.1) is 4.90 Å². The maximum Gasteiger partial charge on any atom is 0.264 e. The van der Waals surface area contributed by atoms with Crippen LogP contribution in [0.2, 0.25) is 0 Å². The maximum atomic E-state index is 12.9. The Bertz CT molecular complexity index is 576. The topological polar surface area (TPSA) is 63.2 Å². The van der Waals surface area contributed by atoms with E-state index in [1.54, 1.807) is 4.72 Å². The third-order valence-corrected chi connectivity index (χ3v) is 3.44. The number of carbonyl (C=O) groups is 1. The smallest absolute Gasteiger partial charge is 0.264 e. The molecule has 0 atom stereocenters. The SMILES string of the molecule is CC(C)(C)C(=O)NS(=O)(=O)c1ccc(F)c(F)c1. The molecule has 0 aromatic heterocycles. The normalized spacial score (nSPS) is 12.3. The molecule has 0 radical (unpaired) electrons. The number of hydrogen-bond donors (Lipinski definition) is 1. The maximum absolute atomic E-state index is 12.9. The molecule has 0 aliphatic heterocycles. The highest BCUT2D eigenvalue weighted by molar-refractivity contribution is 7.90. The van der Waals surface area contributed by atoms with Crippen molar-refractivity contribution in [2.75, 3.05) is 0 Å². The fourth-order valence-corrected chi connectivity index (χ4v) is 2.15. The molecule has 0 fully saturated rings. The summed E-state index contributed by atoms with van der Waals surface area (Å²) >= 11 is 0. The summed E-state index contributed by atoms with van der Waals surface area (Å²) < 4.78 is 50.9. The molecule has 1 aromatic rings. The van der Waals surface area contributed by atoms with E-state index in [0.717, 1.165) is 6.07 Å². The van der Waals surface area contributed by atoms with Gasteiger partial charge in [-0.25, -0.2) is 21.9 Å². The van der Waals surface area contributed by atoms with Crippen LogP contribution in [-0.4, -0.2) is 14.3 Å². The van der Waals surface area contributed by atoms with Gasteiger partial charge in [-0.15, -0.1) is 0 Å². The number of halogens is 2. The fourth-order valence-electron chi connectivity index (χ4n) is 0.978. The lowest BCUT2D eigenvalue weighted by Crippen LogP contribution is -2.38. The van der Waals surface area contributed by atoms with E-state index >= 15 is 0 Å². The molecule has 4 nitrogen and oxygen atoms in total. The molecule has 100 valence electrons. The van der Waals surface area contributed by atoms with Crippen molar-refractivity contribution in [3.63, 3.8) is 0 Å². The van der Waals surface area contributed by atoms with E-state index < -0.39 is 37.9 Å². The van der Waals surface area contributed by atoms with Crippen LogP contribution in [0.1, 0.15) is 20.8 Å². The monoisotopic (exact) mass is 277 g/mol. The van der Waals surface area contributed by atoms with E-state index in [0.29, 0.717) is 12.1 Å². The van der Waals surface area contributed by atoms with Crippen molar-refractivity contribution in [1.29, 1.82) is 0 Å². The third-order valence-electron chi connectivity index (χ3n) is 2.11. The number of nitrogens with one attached hydrogen (secondary N) is 1. The average Bonchev–Trinajstić information content (AvgIpc) is 2.19. The molecule has 0 heterocycles. The van der Waals surface area contributed by atoms with Crippen molar-refractivity contribution in [2.45, 2.75) is 25.7 Å². The standard InChI is InChI=1S/C11H13F2NO3S/c1-11(2,3)10(15)14-18(16,17)7-4-5-8(12)9(13)6-7/h4-6H,1-3H3,(H,14,15). The van der Waals surface area contributed by atoms with E-state index in [2.05, 4.69) is 0 Å². The number of rotatable bonds is 2. The molecule has 0 saturated carbocycles. The molecule has 7 heteroatoms. The first kappa shape index (κ1) is 14.6. The molecule has 1 aromatic carbocycles. The van der Waals surface area contributed by atoms with E-state index in [1.807, 2.05) is 0 Å². The summed E-state index contributed by atoms with van der Waals surface area (Å²) in [4.78, 5) is 11.0. The second kappa shape index (κ2) is 4.64. The number of benzene rings is 1. The Kier molecular flexibility index (Phi) is 3.75. The molecule has 0 saturated heterocycles. The zero-order valence-corrected chi connectivity index (χ0v) is 10.9. The fraction of sp³-hybridized carbons (Fsp3) is 0.364. The van der Waals surface area contributed by atoms with Gasteiger partial charge in [0.15, 0.2) is 11.6 Å². The van der Waals surface area contributed by atoms with Gasteiger partial charge in [0.2, 0.25) is 5.91 Å². The van der Waals surface area contributed by atoms with E-state index in [9.17, 15) is 22.0 Å². The summed E-state index contributed by atoms with van der Waals surface area (Å²) in [5, 5.41) is 0. The Hall–Kier alpha value is -1.50. The van der Waals surface area contributed by atoms with Crippen LogP contribution in [0.4, 0.5) is 8.78 Å². The van der Waals surface area contributed by atoms with Gasteiger partial charge in [0.25, 0.3) is 10.0 Å². The quantitative estimate of drug-likeness (QED) is 0.896. The van der Waals surface area contributed by atoms with Gasteiger partial charge in [-0.1, -0.05) is 20.8 Å². The average molecular weight is 277 g/mol. The van der Waals surface area contributed by atoms with Gasteiger partial charge in [-0.05, 0) is 18.2 Å². The summed E-state index contributed by atoms with van der Waals surface area (Å²) in [5.41, 5.74) is -0.911. The molecule has 0 bridgehead atoms. The van der Waals surface area contributed by atoms with Gasteiger partial charge >= 0.3 is 0 Å². The third kappa shape index (κ3) is 3.25. The Labute approximate surface area is 104 Å². The molecule has 1 rings (SSSR count). The predicted octanol–water partition coefficient (Wildman–Crippen LogP) is 1.82. The van der Waals surface area contributed by atoms with Gasteiger partial charge in [-0.3, -0.25) is 4.79 Å². The number of amides is 1. The van der Waals surface area contributed by atoms with E-state index in [4.69, 9.17) is 0 Å². The second-order valence-electron chi connectivity index (χ2n) is 4.76. The van der Waals surface area contributed by atoms with Crippen molar-refractivity contribution >= 4 is 15.9 Å². The highest BCUT2D eigenvalue weighted by Gasteiger charge is 2.27. The number of carbonyl (C=O) groups excluding carboxylic acids is 1. The number of hydrogen-bond acceptors (Lipinski definition) is 3. The van der Waals surface area contributed by atoms with Crippen molar-refractivity contribution in [2.24, 2.45) is 5.41 Å². The Morgan fingerprint density at radius 3 is 2.17 bits per heavy atom. The molecule has 0 aliphatic carbocycles. The minimum atomic E-state index is -4.19. The van der Waals surface area contributed by atoms with Crippen LogP contribution in [-0.2, 0) is 14.8 Å². The van der Waals surface area contributed by atoms with Gasteiger partial charge < -0.3 is 0 Å². The van der Waals surface area contributed by atoms with Gasteiger partial charge in [0.1, 0.15) is 0 Å². The summed E-state index contributed by atoms with van der Waals surface area (Å²) in [5.74, 6) is -3.18. The van der Waals surface area contributed by atoms with Crippen molar-refractivity contribution in [3.05, 3.63) is 29.8 Å². The van der Waals surface area contributed by atoms with Crippen LogP contribution in [0.15, 0.2) is 23.1 Å². The summed E-state index contributed by atoms with van der Waals surface area (Å²) in [6.07, 6.45) is 0. The molecule has 0 unspecified atom stereocenters. The van der Waals surface area contributed by atoms with Crippen molar-refractivity contribution < 1.29 is 22.0 Å². The molecule has 18 heavy (non-hydrogen) atoms. The molecule has 1 N–H and O–H groups in total. The first-order chi connectivity index (χ1) is 8.04. The Balaban J connectivity index is 3.08. The Morgan fingerprint density at radius 2 is 1.72 bits per heavy atom. The lowest BCUT2D eigenvalue weighted by Gasteiger charge is -2.17. The van der Waals surface area contributed by atoms with Gasteiger partial charge in [0, 0.05) is 5.41 Å². The minimum Gasteiger partial charge on any atom is -0.273 e. The lowest BCUT2D eigenvalue weighted by molar-refractivity contribution is -0.126. The summed E-state index contributed by atoms with van der Waals surface area (Å²) in [6, 6.07) is 2.09. The van der Waals surface area contributed by atoms with Crippen molar-refractivity contribution in [3.8, 4) is 0 Å². The van der Waals surface area contributed by atoms with Crippen LogP contribution < -0.4 is 4.72 Å². The van der Waals surface area contributed by atoms with Gasteiger partial charge in [-0.2, -0.15) is 0 Å². The zero-order chi connectivity index (χ0) is 14.1. The highest BCUT2D eigenvalue weighted by Crippen LogP contribution is 2.17. The van der Waals surface area contributed by atoms with E-state index in [1.165, 1.54) is 20.8 Å². The predicted molar refractivity (Wildman–Crippen MR) is 61.1 cm³/mol. The first-order valence-electron chi connectivity index (χ1n) is 5.06. The molecular formula is C11H13F2NO3S. The van der Waals surface area contributed by atoms with Crippen LogP contribution in [0.25, 0.3) is 0 Å². The van der Waals surface area contributed by atoms with E-state index in [-0.39, 0.29) is 0 Å². The summed E-state index contributed by atoms with van der Waals surface area (Å²) in [6.45, 7) is 4.59. The largest absolute Gasteiger partial charge is 0.273 e. The first-order valence-corrected chi connectivity index (χ1v) is 6.54. The Morgan fingerprint density at radius 1 is 1.17 bits per heavy atom. The molecule has 0 spiro atoms. The molecule has 1 amide bonds. The highest BCUT2D eigenvalue weighted by atomic mass is 32.2. The second-order valence-corrected chi connectivity index (χ2v) is 6.44. The summed E-state index contributed by atoms with van der Waals surface area (Å²) in [7, 11) is -4.19.